The average molecular weight is 357 g/mol. The van der Waals surface area contributed by atoms with Crippen molar-refractivity contribution in [3.8, 4) is 5.69 Å². The number of nitrogens with one attached hydrogen (secondary N) is 2. The Morgan fingerprint density at radius 2 is 2.04 bits per heavy atom. The molecular formula is C18H19ClN5O+. The molecule has 0 spiro atoms. The van der Waals surface area contributed by atoms with Crippen LogP contribution in [0.1, 0.15) is 5.56 Å². The number of nitrogens with zero attached hydrogens (tertiary/aromatic N) is 3. The highest BCUT2D eigenvalue weighted by Gasteiger charge is 2.14. The van der Waals surface area contributed by atoms with Crippen LogP contribution in [0.2, 0.25) is 5.02 Å². The maximum Gasteiger partial charge on any atom is 0.279 e. The fourth-order valence-corrected chi connectivity index (χ4v) is 2.79. The summed E-state index contributed by atoms with van der Waals surface area (Å²) < 4.78 is 1.59. The Balaban J connectivity index is 1.67. The van der Waals surface area contributed by atoms with Gasteiger partial charge in [0.1, 0.15) is 19.2 Å². The van der Waals surface area contributed by atoms with E-state index in [4.69, 9.17) is 11.6 Å². The van der Waals surface area contributed by atoms with E-state index < -0.39 is 0 Å². The van der Waals surface area contributed by atoms with Crippen LogP contribution in [0.25, 0.3) is 5.69 Å². The van der Waals surface area contributed by atoms with Crippen molar-refractivity contribution in [3.05, 3.63) is 71.8 Å². The molecule has 1 atom stereocenters. The van der Waals surface area contributed by atoms with Crippen LogP contribution in [-0.4, -0.2) is 34.3 Å². The van der Waals surface area contributed by atoms with Crippen molar-refractivity contribution in [2.75, 3.05) is 18.9 Å². The second-order valence-corrected chi connectivity index (χ2v) is 6.28. The molecule has 0 aliphatic rings. The number of anilines is 1. The van der Waals surface area contributed by atoms with Crippen LogP contribution < -0.4 is 10.2 Å². The Hall–Kier alpha value is -2.70. The second-order valence-electron chi connectivity index (χ2n) is 5.85. The van der Waals surface area contributed by atoms with Crippen LogP contribution in [0, 0.1) is 0 Å². The number of hydrogen-bond donors (Lipinski definition) is 2. The Morgan fingerprint density at radius 3 is 2.76 bits per heavy atom. The van der Waals surface area contributed by atoms with Crippen LogP contribution in [0.5, 0.6) is 0 Å². The molecule has 1 heterocycles. The van der Waals surface area contributed by atoms with Gasteiger partial charge in [-0.25, -0.2) is 9.67 Å². The third-order valence-corrected chi connectivity index (χ3v) is 3.94. The lowest BCUT2D eigenvalue weighted by atomic mass is 10.2. The maximum atomic E-state index is 12.4. The lowest BCUT2D eigenvalue weighted by Crippen LogP contribution is -3.08. The Labute approximate surface area is 151 Å². The van der Waals surface area contributed by atoms with Gasteiger partial charge in [-0.05, 0) is 18.2 Å². The normalized spacial score (nSPS) is 11.9. The smallest absolute Gasteiger partial charge is 0.279 e. The predicted octanol–water partition coefficient (Wildman–Crippen LogP) is 1.57. The van der Waals surface area contributed by atoms with Gasteiger partial charge in [-0.1, -0.05) is 41.9 Å². The quantitative estimate of drug-likeness (QED) is 0.704. The highest BCUT2D eigenvalue weighted by molar-refractivity contribution is 6.31. The van der Waals surface area contributed by atoms with Crippen LogP contribution in [0.3, 0.4) is 0 Å². The Morgan fingerprint density at radius 1 is 1.24 bits per heavy atom. The third-order valence-electron chi connectivity index (χ3n) is 3.71. The molecule has 7 heteroatoms. The number of carbonyl (C=O) groups excluding carboxylic acids is 1. The monoisotopic (exact) mass is 356 g/mol. The van der Waals surface area contributed by atoms with Gasteiger partial charge in [0.05, 0.1) is 18.4 Å². The topological polar surface area (TPSA) is 64.2 Å². The van der Waals surface area contributed by atoms with Crippen molar-refractivity contribution in [2.45, 2.75) is 6.54 Å². The van der Waals surface area contributed by atoms with Gasteiger partial charge < -0.3 is 10.2 Å². The van der Waals surface area contributed by atoms with E-state index in [1.54, 1.807) is 29.2 Å². The molecule has 25 heavy (non-hydrogen) atoms. The minimum absolute atomic E-state index is 0.0861. The Bertz CT molecular complexity index is 836. The number of aromatic nitrogens is 3. The van der Waals surface area contributed by atoms with Crippen molar-refractivity contribution in [1.29, 1.82) is 0 Å². The molecule has 0 radical (unpaired) electrons. The molecule has 0 fully saturated rings. The van der Waals surface area contributed by atoms with Gasteiger partial charge in [0, 0.05) is 10.6 Å². The SMILES string of the molecule is C[NH+](CC(=O)Nc1cc(Cl)ccc1-n1cncn1)Cc1ccccc1. The zero-order valence-electron chi connectivity index (χ0n) is 13.8. The number of likely N-dealkylation sites (N-methyl/N-ethyl adjacent to an activating group) is 1. The molecule has 0 aliphatic heterocycles. The molecule has 2 N–H and O–H groups in total. The van der Waals surface area contributed by atoms with E-state index in [-0.39, 0.29) is 5.91 Å². The van der Waals surface area contributed by atoms with Gasteiger partial charge >= 0.3 is 0 Å². The van der Waals surface area contributed by atoms with E-state index >= 15 is 0 Å². The van der Waals surface area contributed by atoms with Crippen LogP contribution in [0.4, 0.5) is 5.69 Å². The molecular weight excluding hydrogens is 338 g/mol. The number of carbonyl (C=O) groups is 1. The van der Waals surface area contributed by atoms with Crippen molar-refractivity contribution >= 4 is 23.2 Å². The molecule has 6 nitrogen and oxygen atoms in total. The number of amides is 1. The summed E-state index contributed by atoms with van der Waals surface area (Å²) in [4.78, 5) is 17.5. The second kappa shape index (κ2) is 7.92. The molecule has 1 unspecified atom stereocenters. The van der Waals surface area contributed by atoms with Crippen LogP contribution >= 0.6 is 11.6 Å². The summed E-state index contributed by atoms with van der Waals surface area (Å²) >= 11 is 6.07. The molecule has 2 aromatic carbocycles. The summed E-state index contributed by atoms with van der Waals surface area (Å²) in [6.45, 7) is 1.12. The van der Waals surface area contributed by atoms with Gasteiger partial charge in [-0.3, -0.25) is 4.79 Å². The van der Waals surface area contributed by atoms with E-state index in [0.717, 1.165) is 17.1 Å². The fraction of sp³-hybridized carbons (Fsp3) is 0.167. The highest BCUT2D eigenvalue weighted by Crippen LogP contribution is 2.23. The lowest BCUT2D eigenvalue weighted by molar-refractivity contribution is -0.885. The maximum absolute atomic E-state index is 12.4. The number of quaternary nitrogens is 1. The number of rotatable bonds is 6. The van der Waals surface area contributed by atoms with Crippen molar-refractivity contribution in [3.63, 3.8) is 0 Å². The summed E-state index contributed by atoms with van der Waals surface area (Å²) in [5.41, 5.74) is 2.52. The average Bonchev–Trinajstić information content (AvgIpc) is 3.10. The molecule has 0 saturated carbocycles. The molecule has 128 valence electrons. The van der Waals surface area contributed by atoms with Gasteiger partial charge in [-0.2, -0.15) is 5.10 Å². The molecule has 3 aromatic rings. The zero-order chi connectivity index (χ0) is 17.6. The number of halogens is 1. The first-order valence-corrected chi connectivity index (χ1v) is 8.29. The van der Waals surface area contributed by atoms with Crippen LogP contribution in [-0.2, 0) is 11.3 Å². The standard InChI is InChI=1S/C18H18ClN5O/c1-23(10-14-5-3-2-4-6-14)11-18(25)22-16-9-15(19)7-8-17(16)24-13-20-12-21-24/h2-9,12-13H,10-11H2,1H3,(H,22,25)/p+1. The van der Waals surface area contributed by atoms with Gasteiger partial charge in [0.2, 0.25) is 0 Å². The van der Waals surface area contributed by atoms with E-state index in [2.05, 4.69) is 27.5 Å². The first-order chi connectivity index (χ1) is 12.1. The van der Waals surface area contributed by atoms with E-state index in [0.29, 0.717) is 17.3 Å². The zero-order valence-corrected chi connectivity index (χ0v) is 14.6. The van der Waals surface area contributed by atoms with Gasteiger partial charge in [-0.15, -0.1) is 0 Å². The minimum Gasteiger partial charge on any atom is -0.326 e. The predicted molar refractivity (Wildman–Crippen MR) is 96.9 cm³/mol. The number of hydrogen-bond acceptors (Lipinski definition) is 3. The summed E-state index contributed by atoms with van der Waals surface area (Å²) in [5, 5.41) is 7.58. The summed E-state index contributed by atoms with van der Waals surface area (Å²) in [7, 11) is 1.99. The molecule has 0 aliphatic carbocycles. The molecule has 0 bridgehead atoms. The Kier molecular flexibility index (Phi) is 5.42. The van der Waals surface area contributed by atoms with E-state index in [1.807, 2.05) is 25.2 Å². The number of benzene rings is 2. The highest BCUT2D eigenvalue weighted by atomic mass is 35.5. The lowest BCUT2D eigenvalue weighted by Gasteiger charge is -2.15. The van der Waals surface area contributed by atoms with Crippen LogP contribution in [0.15, 0.2) is 61.2 Å². The third kappa shape index (κ3) is 4.65. The van der Waals surface area contributed by atoms with Crippen molar-refractivity contribution in [2.24, 2.45) is 0 Å². The molecule has 0 saturated heterocycles. The molecule has 1 aromatic heterocycles. The van der Waals surface area contributed by atoms with E-state index in [9.17, 15) is 4.79 Å². The summed E-state index contributed by atoms with van der Waals surface area (Å²) in [5.74, 6) is -0.0861. The molecule has 3 rings (SSSR count). The van der Waals surface area contributed by atoms with Crippen molar-refractivity contribution < 1.29 is 9.69 Å². The van der Waals surface area contributed by atoms with Gasteiger partial charge in [0.25, 0.3) is 5.91 Å². The minimum atomic E-state index is -0.0861. The van der Waals surface area contributed by atoms with Crippen molar-refractivity contribution in [1.82, 2.24) is 14.8 Å². The largest absolute Gasteiger partial charge is 0.326 e. The first-order valence-electron chi connectivity index (χ1n) is 7.91. The summed E-state index contributed by atoms with van der Waals surface area (Å²) in [6.07, 6.45) is 3.02. The fourth-order valence-electron chi connectivity index (χ4n) is 2.62. The summed E-state index contributed by atoms with van der Waals surface area (Å²) in [6, 6.07) is 15.4. The van der Waals surface area contributed by atoms with Gasteiger partial charge in [0.15, 0.2) is 6.54 Å². The van der Waals surface area contributed by atoms with E-state index in [1.165, 1.54) is 11.9 Å². The first kappa shape index (κ1) is 17.1. The molecule has 1 amide bonds.